The number of rotatable bonds is 4. The molecule has 0 saturated heterocycles. The van der Waals surface area contributed by atoms with Crippen LogP contribution in [0.25, 0.3) is 0 Å². The number of benzene rings is 1. The zero-order chi connectivity index (χ0) is 15.6. The first-order valence-corrected chi connectivity index (χ1v) is 6.95. The highest BCUT2D eigenvalue weighted by Gasteiger charge is 2.39. The minimum atomic E-state index is -1.01. The SMILES string of the molecule is CC(O)CCN(C)C(=O)N1c2ccccc2C[C@H]1C(=O)O. The van der Waals surface area contributed by atoms with E-state index in [0.717, 1.165) is 5.56 Å². The van der Waals surface area contributed by atoms with Crippen LogP contribution in [0.3, 0.4) is 0 Å². The fraction of sp³-hybridized carbons (Fsp3) is 0.467. The number of carbonyl (C=O) groups excluding carboxylic acids is 1. The first kappa shape index (κ1) is 15.3. The summed E-state index contributed by atoms with van der Waals surface area (Å²) >= 11 is 0. The average Bonchev–Trinajstić information content (AvgIpc) is 2.83. The third-order valence-electron chi connectivity index (χ3n) is 3.68. The molecule has 0 aliphatic carbocycles. The molecule has 2 rings (SSSR count). The van der Waals surface area contributed by atoms with Crippen LogP contribution in [0.5, 0.6) is 0 Å². The Bertz CT molecular complexity index is 544. The van der Waals surface area contributed by atoms with Gasteiger partial charge in [-0.25, -0.2) is 9.59 Å². The second-order valence-electron chi connectivity index (χ2n) is 5.40. The first-order valence-electron chi connectivity index (χ1n) is 6.95. The number of amides is 2. The van der Waals surface area contributed by atoms with Crippen molar-refractivity contribution in [3.05, 3.63) is 29.8 Å². The molecule has 0 spiro atoms. The topological polar surface area (TPSA) is 81.1 Å². The van der Waals surface area contributed by atoms with Crippen molar-refractivity contribution in [2.24, 2.45) is 0 Å². The number of aliphatic hydroxyl groups is 1. The Labute approximate surface area is 123 Å². The molecule has 0 radical (unpaired) electrons. The summed E-state index contributed by atoms with van der Waals surface area (Å²) in [5.41, 5.74) is 1.51. The summed E-state index contributed by atoms with van der Waals surface area (Å²) in [6.45, 7) is 2.03. The molecular weight excluding hydrogens is 272 g/mol. The number of nitrogens with zero attached hydrogens (tertiary/aromatic N) is 2. The number of urea groups is 1. The first-order chi connectivity index (χ1) is 9.91. The highest BCUT2D eigenvalue weighted by atomic mass is 16.4. The minimum Gasteiger partial charge on any atom is -0.480 e. The number of hydrogen-bond donors (Lipinski definition) is 2. The van der Waals surface area contributed by atoms with Gasteiger partial charge < -0.3 is 15.1 Å². The zero-order valence-electron chi connectivity index (χ0n) is 12.2. The summed E-state index contributed by atoms with van der Waals surface area (Å²) in [6, 6.07) is 6.01. The van der Waals surface area contributed by atoms with Gasteiger partial charge in [-0.05, 0) is 25.0 Å². The third kappa shape index (κ3) is 3.16. The molecular formula is C15H20N2O4. The number of carboxylic acids is 1. The average molecular weight is 292 g/mol. The predicted molar refractivity (Wildman–Crippen MR) is 78.4 cm³/mol. The van der Waals surface area contributed by atoms with Crippen LogP contribution in [0.4, 0.5) is 10.5 Å². The Morgan fingerprint density at radius 3 is 2.71 bits per heavy atom. The van der Waals surface area contributed by atoms with E-state index < -0.39 is 18.1 Å². The van der Waals surface area contributed by atoms with E-state index in [4.69, 9.17) is 0 Å². The van der Waals surface area contributed by atoms with Crippen LogP contribution < -0.4 is 4.90 Å². The van der Waals surface area contributed by atoms with Crippen LogP contribution in [0.2, 0.25) is 0 Å². The Morgan fingerprint density at radius 1 is 1.43 bits per heavy atom. The van der Waals surface area contributed by atoms with Crippen molar-refractivity contribution in [1.82, 2.24) is 4.90 Å². The van der Waals surface area contributed by atoms with Crippen LogP contribution >= 0.6 is 0 Å². The van der Waals surface area contributed by atoms with E-state index in [2.05, 4.69) is 0 Å². The Hall–Kier alpha value is -2.08. The fourth-order valence-corrected chi connectivity index (χ4v) is 2.48. The van der Waals surface area contributed by atoms with Crippen molar-refractivity contribution < 1.29 is 19.8 Å². The van der Waals surface area contributed by atoms with E-state index in [1.165, 1.54) is 9.80 Å². The van der Waals surface area contributed by atoms with E-state index in [9.17, 15) is 19.8 Å². The maximum atomic E-state index is 12.5. The Morgan fingerprint density at radius 2 is 2.10 bits per heavy atom. The molecule has 6 nitrogen and oxygen atoms in total. The summed E-state index contributed by atoms with van der Waals surface area (Å²) in [4.78, 5) is 26.7. The lowest BCUT2D eigenvalue weighted by atomic mass is 10.1. The summed E-state index contributed by atoms with van der Waals surface area (Å²) < 4.78 is 0. The molecule has 2 N–H and O–H groups in total. The van der Waals surface area contributed by atoms with Gasteiger partial charge in [0.25, 0.3) is 0 Å². The molecule has 1 heterocycles. The van der Waals surface area contributed by atoms with E-state index >= 15 is 0 Å². The van der Waals surface area contributed by atoms with Crippen LogP contribution in [0.1, 0.15) is 18.9 Å². The maximum Gasteiger partial charge on any atom is 0.327 e. The summed E-state index contributed by atoms with van der Waals surface area (Å²) in [5.74, 6) is -1.01. The summed E-state index contributed by atoms with van der Waals surface area (Å²) in [6.07, 6.45) is 0.276. The van der Waals surface area contributed by atoms with Gasteiger partial charge in [-0.3, -0.25) is 4.90 Å². The van der Waals surface area contributed by atoms with Crippen molar-refractivity contribution in [2.45, 2.75) is 31.9 Å². The molecule has 2 amide bonds. The predicted octanol–water partition coefficient (Wildman–Crippen LogP) is 1.33. The number of carboxylic acid groups (broad SMARTS) is 1. The monoisotopic (exact) mass is 292 g/mol. The second kappa shape index (κ2) is 6.13. The normalized spacial score (nSPS) is 18.2. The molecule has 1 aromatic rings. The molecule has 1 aliphatic heterocycles. The molecule has 0 saturated carbocycles. The number of fused-ring (bicyclic) bond motifs is 1. The molecule has 114 valence electrons. The second-order valence-corrected chi connectivity index (χ2v) is 5.40. The Balaban J connectivity index is 2.22. The molecule has 0 aromatic heterocycles. The van der Waals surface area contributed by atoms with Gasteiger partial charge in [0, 0.05) is 25.7 Å². The zero-order valence-corrected chi connectivity index (χ0v) is 12.2. The number of carbonyl (C=O) groups is 2. The van der Waals surface area contributed by atoms with Crippen LogP contribution in [-0.4, -0.2) is 52.9 Å². The lowest BCUT2D eigenvalue weighted by Crippen LogP contribution is -2.49. The maximum absolute atomic E-state index is 12.5. The van der Waals surface area contributed by atoms with E-state index in [0.29, 0.717) is 25.1 Å². The molecule has 6 heteroatoms. The van der Waals surface area contributed by atoms with Crippen molar-refractivity contribution >= 4 is 17.7 Å². The van der Waals surface area contributed by atoms with Gasteiger partial charge in [-0.2, -0.15) is 0 Å². The lowest BCUT2D eigenvalue weighted by molar-refractivity contribution is -0.138. The van der Waals surface area contributed by atoms with Crippen molar-refractivity contribution in [1.29, 1.82) is 0 Å². The van der Waals surface area contributed by atoms with Crippen LogP contribution in [0.15, 0.2) is 24.3 Å². The highest BCUT2D eigenvalue weighted by Crippen LogP contribution is 2.32. The molecule has 1 aromatic carbocycles. The van der Waals surface area contributed by atoms with Crippen molar-refractivity contribution in [3.8, 4) is 0 Å². The van der Waals surface area contributed by atoms with Gasteiger partial charge in [0.05, 0.1) is 6.10 Å². The van der Waals surface area contributed by atoms with Gasteiger partial charge in [0.15, 0.2) is 0 Å². The molecule has 0 fully saturated rings. The number of aliphatic hydroxyl groups excluding tert-OH is 1. The van der Waals surface area contributed by atoms with E-state index in [1.807, 2.05) is 12.1 Å². The van der Waals surface area contributed by atoms with E-state index in [-0.39, 0.29) is 6.03 Å². The highest BCUT2D eigenvalue weighted by molar-refractivity contribution is 6.00. The molecule has 1 aliphatic rings. The largest absolute Gasteiger partial charge is 0.480 e. The summed E-state index contributed by atoms with van der Waals surface area (Å²) in [7, 11) is 1.62. The molecule has 0 bridgehead atoms. The number of anilines is 1. The fourth-order valence-electron chi connectivity index (χ4n) is 2.48. The smallest absolute Gasteiger partial charge is 0.327 e. The summed E-state index contributed by atoms with van der Waals surface area (Å²) in [5, 5.41) is 18.7. The number of para-hydroxylation sites is 1. The lowest BCUT2D eigenvalue weighted by Gasteiger charge is -2.28. The van der Waals surface area contributed by atoms with Crippen molar-refractivity contribution in [2.75, 3.05) is 18.5 Å². The number of aliphatic carboxylic acids is 1. The standard InChI is InChI=1S/C15H20N2O4/c1-10(18)7-8-16(2)15(21)17-12-6-4-3-5-11(12)9-13(17)14(19)20/h3-6,10,13,18H,7-9H2,1-2H3,(H,19,20)/t10?,13-/m0/s1. The van der Waals surface area contributed by atoms with Gasteiger partial charge in [0.2, 0.25) is 0 Å². The van der Waals surface area contributed by atoms with Gasteiger partial charge in [-0.15, -0.1) is 0 Å². The van der Waals surface area contributed by atoms with Crippen LogP contribution in [-0.2, 0) is 11.2 Å². The molecule has 2 atom stereocenters. The van der Waals surface area contributed by atoms with Gasteiger partial charge in [-0.1, -0.05) is 18.2 Å². The minimum absolute atomic E-state index is 0.321. The van der Waals surface area contributed by atoms with Gasteiger partial charge in [0.1, 0.15) is 6.04 Å². The molecule has 1 unspecified atom stereocenters. The Kier molecular flexibility index (Phi) is 4.47. The van der Waals surface area contributed by atoms with E-state index in [1.54, 1.807) is 26.1 Å². The van der Waals surface area contributed by atoms with Gasteiger partial charge >= 0.3 is 12.0 Å². The van der Waals surface area contributed by atoms with Crippen LogP contribution in [0, 0.1) is 0 Å². The third-order valence-corrected chi connectivity index (χ3v) is 3.68. The van der Waals surface area contributed by atoms with Crippen molar-refractivity contribution in [3.63, 3.8) is 0 Å². The number of hydrogen-bond acceptors (Lipinski definition) is 3. The quantitative estimate of drug-likeness (QED) is 0.877. The molecule has 21 heavy (non-hydrogen) atoms.